The first-order valence-corrected chi connectivity index (χ1v) is 7.54. The van der Waals surface area contributed by atoms with Crippen molar-refractivity contribution in [3.05, 3.63) is 11.9 Å². The van der Waals surface area contributed by atoms with E-state index in [0.29, 0.717) is 12.1 Å². The SMILES string of the molecule is Cc1cn(C2CCCCC2)c(NC2CC(C)C2)n1. The van der Waals surface area contributed by atoms with Crippen molar-refractivity contribution in [1.82, 2.24) is 9.55 Å². The molecule has 1 aromatic heterocycles. The van der Waals surface area contributed by atoms with Gasteiger partial charge in [-0.25, -0.2) is 4.98 Å². The molecule has 1 N–H and O–H groups in total. The maximum Gasteiger partial charge on any atom is 0.203 e. The number of rotatable bonds is 3. The Labute approximate surface area is 110 Å². The maximum atomic E-state index is 4.68. The highest BCUT2D eigenvalue weighted by molar-refractivity contribution is 5.32. The Morgan fingerprint density at radius 2 is 1.94 bits per heavy atom. The van der Waals surface area contributed by atoms with Gasteiger partial charge in [-0.3, -0.25) is 0 Å². The lowest BCUT2D eigenvalue weighted by atomic mass is 9.82. The lowest BCUT2D eigenvalue weighted by molar-refractivity contribution is 0.303. The van der Waals surface area contributed by atoms with Crippen LogP contribution in [0.5, 0.6) is 0 Å². The monoisotopic (exact) mass is 247 g/mol. The van der Waals surface area contributed by atoms with Crippen molar-refractivity contribution in [1.29, 1.82) is 0 Å². The minimum Gasteiger partial charge on any atom is -0.353 e. The molecule has 2 aliphatic carbocycles. The van der Waals surface area contributed by atoms with E-state index in [1.165, 1.54) is 44.9 Å². The first-order valence-electron chi connectivity index (χ1n) is 7.54. The predicted octanol–water partition coefficient (Wildman–Crippen LogP) is 3.91. The third kappa shape index (κ3) is 2.40. The Balaban J connectivity index is 1.72. The highest BCUT2D eigenvalue weighted by Gasteiger charge is 2.27. The quantitative estimate of drug-likeness (QED) is 0.877. The molecule has 0 aliphatic heterocycles. The van der Waals surface area contributed by atoms with E-state index < -0.39 is 0 Å². The van der Waals surface area contributed by atoms with Crippen molar-refractivity contribution in [3.8, 4) is 0 Å². The molecule has 2 fully saturated rings. The first kappa shape index (κ1) is 12.1. The summed E-state index contributed by atoms with van der Waals surface area (Å²) in [6, 6.07) is 1.34. The Morgan fingerprint density at radius 3 is 2.61 bits per heavy atom. The van der Waals surface area contributed by atoms with Gasteiger partial charge in [0.1, 0.15) is 0 Å². The molecule has 1 heterocycles. The second-order valence-corrected chi connectivity index (χ2v) is 6.32. The zero-order valence-corrected chi connectivity index (χ0v) is 11.7. The number of aromatic nitrogens is 2. The molecular formula is C15H25N3. The van der Waals surface area contributed by atoms with E-state index in [0.717, 1.165) is 17.6 Å². The van der Waals surface area contributed by atoms with Gasteiger partial charge in [0.05, 0.1) is 5.69 Å². The molecule has 3 rings (SSSR count). The van der Waals surface area contributed by atoms with Crippen LogP contribution in [0, 0.1) is 12.8 Å². The third-order valence-corrected chi connectivity index (χ3v) is 4.53. The fourth-order valence-corrected chi connectivity index (χ4v) is 3.46. The van der Waals surface area contributed by atoms with Crippen LogP contribution in [0.2, 0.25) is 0 Å². The summed E-state index contributed by atoms with van der Waals surface area (Å²) >= 11 is 0. The topological polar surface area (TPSA) is 29.9 Å². The summed E-state index contributed by atoms with van der Waals surface area (Å²) in [4.78, 5) is 4.68. The third-order valence-electron chi connectivity index (χ3n) is 4.53. The van der Waals surface area contributed by atoms with E-state index in [9.17, 15) is 0 Å². The molecule has 0 bridgehead atoms. The van der Waals surface area contributed by atoms with Crippen LogP contribution in [-0.2, 0) is 0 Å². The van der Waals surface area contributed by atoms with Gasteiger partial charge >= 0.3 is 0 Å². The largest absolute Gasteiger partial charge is 0.353 e. The average Bonchev–Trinajstić information content (AvgIpc) is 2.70. The van der Waals surface area contributed by atoms with Crippen molar-refractivity contribution < 1.29 is 0 Å². The minimum absolute atomic E-state index is 0.657. The van der Waals surface area contributed by atoms with Gasteiger partial charge in [0.2, 0.25) is 5.95 Å². The summed E-state index contributed by atoms with van der Waals surface area (Å²) in [5.74, 6) is 2.01. The van der Waals surface area contributed by atoms with Crippen LogP contribution >= 0.6 is 0 Å². The Kier molecular flexibility index (Phi) is 3.31. The van der Waals surface area contributed by atoms with Crippen molar-refractivity contribution in [3.63, 3.8) is 0 Å². The van der Waals surface area contributed by atoms with Crippen molar-refractivity contribution >= 4 is 5.95 Å². The number of nitrogens with zero attached hydrogens (tertiary/aromatic N) is 2. The molecule has 100 valence electrons. The van der Waals surface area contributed by atoms with Gasteiger partial charge in [-0.1, -0.05) is 26.2 Å². The van der Waals surface area contributed by atoms with Crippen LogP contribution in [0.25, 0.3) is 0 Å². The number of hydrogen-bond donors (Lipinski definition) is 1. The lowest BCUT2D eigenvalue weighted by Crippen LogP contribution is -2.35. The fraction of sp³-hybridized carbons (Fsp3) is 0.800. The van der Waals surface area contributed by atoms with E-state index in [1.807, 2.05) is 0 Å². The van der Waals surface area contributed by atoms with E-state index in [1.54, 1.807) is 0 Å². The summed E-state index contributed by atoms with van der Waals surface area (Å²) in [5.41, 5.74) is 1.15. The molecule has 0 unspecified atom stereocenters. The van der Waals surface area contributed by atoms with Crippen LogP contribution < -0.4 is 5.32 Å². The van der Waals surface area contributed by atoms with Crippen LogP contribution in [0.1, 0.15) is 63.6 Å². The fourth-order valence-electron chi connectivity index (χ4n) is 3.46. The number of hydrogen-bond acceptors (Lipinski definition) is 2. The second kappa shape index (κ2) is 4.94. The second-order valence-electron chi connectivity index (χ2n) is 6.32. The van der Waals surface area contributed by atoms with E-state index in [-0.39, 0.29) is 0 Å². The minimum atomic E-state index is 0.657. The molecule has 0 saturated heterocycles. The summed E-state index contributed by atoms with van der Waals surface area (Å²) in [7, 11) is 0. The normalized spacial score (nSPS) is 29.0. The maximum absolute atomic E-state index is 4.68. The van der Waals surface area contributed by atoms with Gasteiger partial charge in [0, 0.05) is 18.3 Å². The standard InChI is InChI=1S/C15H25N3/c1-11-8-13(9-11)17-15-16-12(2)10-18(15)14-6-4-3-5-7-14/h10-11,13-14H,3-9H2,1-2H3,(H,16,17). The number of anilines is 1. The molecule has 1 aromatic rings. The molecule has 0 atom stereocenters. The molecule has 3 heteroatoms. The zero-order valence-electron chi connectivity index (χ0n) is 11.7. The molecule has 2 saturated carbocycles. The zero-order chi connectivity index (χ0) is 12.5. The van der Waals surface area contributed by atoms with Gasteiger partial charge in [0.15, 0.2) is 0 Å². The molecule has 3 nitrogen and oxygen atoms in total. The number of nitrogens with one attached hydrogen (secondary N) is 1. The Morgan fingerprint density at radius 1 is 1.22 bits per heavy atom. The molecular weight excluding hydrogens is 222 g/mol. The van der Waals surface area contributed by atoms with Gasteiger partial charge in [-0.05, 0) is 38.5 Å². The van der Waals surface area contributed by atoms with Gasteiger partial charge in [-0.2, -0.15) is 0 Å². The van der Waals surface area contributed by atoms with Crippen LogP contribution in [0.4, 0.5) is 5.95 Å². The van der Waals surface area contributed by atoms with E-state index >= 15 is 0 Å². The highest BCUT2D eigenvalue weighted by Crippen LogP contribution is 2.33. The smallest absolute Gasteiger partial charge is 0.203 e. The van der Waals surface area contributed by atoms with Crippen molar-refractivity contribution in [2.75, 3.05) is 5.32 Å². The Bertz CT molecular complexity index is 398. The number of aryl methyl sites for hydroxylation is 1. The average molecular weight is 247 g/mol. The number of imidazole rings is 1. The van der Waals surface area contributed by atoms with Crippen LogP contribution in [0.15, 0.2) is 6.20 Å². The van der Waals surface area contributed by atoms with Gasteiger partial charge in [-0.15, -0.1) is 0 Å². The van der Waals surface area contributed by atoms with Crippen molar-refractivity contribution in [2.24, 2.45) is 5.92 Å². The van der Waals surface area contributed by atoms with E-state index in [2.05, 4.69) is 34.9 Å². The highest BCUT2D eigenvalue weighted by atomic mass is 15.2. The lowest BCUT2D eigenvalue weighted by Gasteiger charge is -2.34. The molecule has 0 amide bonds. The summed E-state index contributed by atoms with van der Waals surface area (Å²) in [6.45, 7) is 4.44. The predicted molar refractivity (Wildman–Crippen MR) is 74.9 cm³/mol. The van der Waals surface area contributed by atoms with Gasteiger partial charge < -0.3 is 9.88 Å². The molecule has 2 aliphatic rings. The molecule has 0 aromatic carbocycles. The first-order chi connectivity index (χ1) is 8.72. The molecule has 0 spiro atoms. The van der Waals surface area contributed by atoms with Crippen LogP contribution in [-0.4, -0.2) is 15.6 Å². The van der Waals surface area contributed by atoms with Gasteiger partial charge in [0.25, 0.3) is 0 Å². The molecule has 18 heavy (non-hydrogen) atoms. The summed E-state index contributed by atoms with van der Waals surface area (Å²) in [6.07, 6.45) is 11.7. The Hall–Kier alpha value is -0.990. The summed E-state index contributed by atoms with van der Waals surface area (Å²) < 4.78 is 2.41. The van der Waals surface area contributed by atoms with E-state index in [4.69, 9.17) is 0 Å². The summed E-state index contributed by atoms with van der Waals surface area (Å²) in [5, 5.41) is 3.65. The van der Waals surface area contributed by atoms with Crippen LogP contribution in [0.3, 0.4) is 0 Å². The van der Waals surface area contributed by atoms with Crippen molar-refractivity contribution in [2.45, 2.75) is 70.9 Å². The molecule has 0 radical (unpaired) electrons.